The summed E-state index contributed by atoms with van der Waals surface area (Å²) in [5.41, 5.74) is 1.68. The fourth-order valence-electron chi connectivity index (χ4n) is 3.10. The molecule has 8 heteroatoms. The van der Waals surface area contributed by atoms with E-state index in [1.807, 2.05) is 13.8 Å². The van der Waals surface area contributed by atoms with Crippen molar-refractivity contribution in [2.45, 2.75) is 33.7 Å². The van der Waals surface area contributed by atoms with Gasteiger partial charge in [0.25, 0.3) is 0 Å². The SMILES string of the molecule is CCOC(=O)c1c(NC(=O)Cn2ncc(=O)c3ccccc32)sc(C)c1CC. The Hall–Kier alpha value is -3.00. The van der Waals surface area contributed by atoms with Crippen molar-refractivity contribution in [3.63, 3.8) is 0 Å². The number of aryl methyl sites for hydroxylation is 1. The fraction of sp³-hybridized carbons (Fsp3) is 0.300. The smallest absolute Gasteiger partial charge is 0.341 e. The molecule has 0 fully saturated rings. The minimum atomic E-state index is -0.439. The van der Waals surface area contributed by atoms with Crippen molar-refractivity contribution in [2.24, 2.45) is 0 Å². The van der Waals surface area contributed by atoms with Crippen LogP contribution in [-0.2, 0) is 22.5 Å². The Morgan fingerprint density at radius 1 is 1.25 bits per heavy atom. The van der Waals surface area contributed by atoms with Crippen molar-refractivity contribution in [1.82, 2.24) is 9.78 Å². The predicted octanol–water partition coefficient (Wildman–Crippen LogP) is 3.14. The van der Waals surface area contributed by atoms with Gasteiger partial charge in [-0.1, -0.05) is 19.1 Å². The number of hydrogen-bond donors (Lipinski definition) is 1. The van der Waals surface area contributed by atoms with Gasteiger partial charge in [0, 0.05) is 10.3 Å². The number of carbonyl (C=O) groups is 2. The van der Waals surface area contributed by atoms with Crippen LogP contribution in [-0.4, -0.2) is 28.3 Å². The summed E-state index contributed by atoms with van der Waals surface area (Å²) < 4.78 is 6.63. The number of nitrogens with one attached hydrogen (secondary N) is 1. The van der Waals surface area contributed by atoms with E-state index in [0.717, 1.165) is 10.4 Å². The maximum atomic E-state index is 12.7. The molecule has 0 atom stereocenters. The highest BCUT2D eigenvalue weighted by Crippen LogP contribution is 2.34. The lowest BCUT2D eigenvalue weighted by atomic mass is 10.1. The van der Waals surface area contributed by atoms with Gasteiger partial charge in [-0.25, -0.2) is 4.79 Å². The molecule has 0 unspecified atom stereocenters. The molecule has 146 valence electrons. The Labute approximate surface area is 165 Å². The topological polar surface area (TPSA) is 90.3 Å². The number of para-hydroxylation sites is 1. The molecule has 0 radical (unpaired) electrons. The zero-order chi connectivity index (χ0) is 20.3. The quantitative estimate of drug-likeness (QED) is 0.643. The van der Waals surface area contributed by atoms with Gasteiger partial charge in [0.15, 0.2) is 0 Å². The Morgan fingerprint density at radius 3 is 2.71 bits per heavy atom. The van der Waals surface area contributed by atoms with Gasteiger partial charge in [-0.2, -0.15) is 5.10 Å². The first-order valence-corrected chi connectivity index (χ1v) is 9.82. The van der Waals surface area contributed by atoms with Gasteiger partial charge >= 0.3 is 5.97 Å². The van der Waals surface area contributed by atoms with E-state index in [1.165, 1.54) is 22.2 Å². The lowest BCUT2D eigenvalue weighted by Gasteiger charge is -2.10. The van der Waals surface area contributed by atoms with Crippen LogP contribution in [0, 0.1) is 6.92 Å². The first-order valence-electron chi connectivity index (χ1n) is 9.00. The van der Waals surface area contributed by atoms with Crippen LogP contribution in [0.25, 0.3) is 10.9 Å². The van der Waals surface area contributed by atoms with Crippen LogP contribution in [0.2, 0.25) is 0 Å². The van der Waals surface area contributed by atoms with Crippen LogP contribution < -0.4 is 10.7 Å². The van der Waals surface area contributed by atoms with Crippen LogP contribution in [0.4, 0.5) is 5.00 Å². The van der Waals surface area contributed by atoms with Crippen LogP contribution >= 0.6 is 11.3 Å². The highest BCUT2D eigenvalue weighted by atomic mass is 32.1. The number of ether oxygens (including phenoxy) is 1. The second-order valence-electron chi connectivity index (χ2n) is 6.15. The van der Waals surface area contributed by atoms with Crippen LogP contribution in [0.3, 0.4) is 0 Å². The monoisotopic (exact) mass is 399 g/mol. The minimum Gasteiger partial charge on any atom is -0.462 e. The third-order valence-electron chi connectivity index (χ3n) is 4.35. The third-order valence-corrected chi connectivity index (χ3v) is 5.41. The summed E-state index contributed by atoms with van der Waals surface area (Å²) >= 11 is 1.35. The third kappa shape index (κ3) is 3.82. The molecular weight excluding hydrogens is 378 g/mol. The first kappa shape index (κ1) is 19.8. The summed E-state index contributed by atoms with van der Waals surface area (Å²) in [6.07, 6.45) is 1.86. The van der Waals surface area contributed by atoms with Crippen LogP contribution in [0.1, 0.15) is 34.6 Å². The molecule has 0 aliphatic heterocycles. The van der Waals surface area contributed by atoms with Crippen LogP contribution in [0.15, 0.2) is 35.3 Å². The van der Waals surface area contributed by atoms with E-state index in [1.54, 1.807) is 31.2 Å². The molecule has 2 heterocycles. The lowest BCUT2D eigenvalue weighted by Crippen LogP contribution is -2.23. The minimum absolute atomic E-state index is 0.0819. The Morgan fingerprint density at radius 2 is 2.00 bits per heavy atom. The Balaban J connectivity index is 1.90. The van der Waals surface area contributed by atoms with Gasteiger partial charge in [0.1, 0.15) is 11.5 Å². The maximum absolute atomic E-state index is 12.7. The van der Waals surface area contributed by atoms with E-state index in [9.17, 15) is 14.4 Å². The highest BCUT2D eigenvalue weighted by molar-refractivity contribution is 7.16. The molecule has 7 nitrogen and oxygen atoms in total. The number of carbonyl (C=O) groups excluding carboxylic acids is 2. The number of amides is 1. The molecule has 3 rings (SSSR count). The van der Waals surface area contributed by atoms with E-state index in [4.69, 9.17) is 4.74 Å². The molecular formula is C20H21N3O4S. The maximum Gasteiger partial charge on any atom is 0.341 e. The van der Waals surface area contributed by atoms with Crippen molar-refractivity contribution in [1.29, 1.82) is 0 Å². The summed E-state index contributed by atoms with van der Waals surface area (Å²) in [4.78, 5) is 37.9. The number of nitrogens with zero attached hydrogens (tertiary/aromatic N) is 2. The highest BCUT2D eigenvalue weighted by Gasteiger charge is 2.23. The zero-order valence-corrected chi connectivity index (χ0v) is 16.8. The molecule has 0 bridgehead atoms. The lowest BCUT2D eigenvalue weighted by molar-refractivity contribution is -0.116. The standard InChI is InChI=1S/C20H21N3O4S/c1-4-13-12(3)28-19(18(13)20(26)27-5-2)22-17(25)11-23-15-9-7-6-8-14(15)16(24)10-21-23/h6-10H,4-5,11H2,1-3H3,(H,22,25). The molecule has 3 aromatic rings. The van der Waals surface area contributed by atoms with E-state index in [2.05, 4.69) is 10.4 Å². The molecule has 1 N–H and O–H groups in total. The van der Waals surface area contributed by atoms with Crippen molar-refractivity contribution in [2.75, 3.05) is 11.9 Å². The number of fused-ring (bicyclic) bond motifs is 1. The molecule has 1 amide bonds. The molecule has 0 saturated carbocycles. The number of benzene rings is 1. The second-order valence-corrected chi connectivity index (χ2v) is 7.37. The Kier molecular flexibility index (Phi) is 5.89. The number of rotatable bonds is 6. The fourth-order valence-corrected chi connectivity index (χ4v) is 4.25. The molecule has 0 spiro atoms. The average Bonchev–Trinajstić information content (AvgIpc) is 2.99. The molecule has 28 heavy (non-hydrogen) atoms. The molecule has 0 aliphatic carbocycles. The number of aromatic nitrogens is 2. The van der Waals surface area contributed by atoms with E-state index in [0.29, 0.717) is 27.9 Å². The van der Waals surface area contributed by atoms with E-state index >= 15 is 0 Å². The number of thiophene rings is 1. The molecule has 0 aliphatic rings. The van der Waals surface area contributed by atoms with Gasteiger partial charge in [0.05, 0.1) is 23.9 Å². The predicted molar refractivity (Wildman–Crippen MR) is 109 cm³/mol. The van der Waals surface area contributed by atoms with Gasteiger partial charge in [0.2, 0.25) is 11.3 Å². The van der Waals surface area contributed by atoms with Gasteiger partial charge in [-0.15, -0.1) is 11.3 Å². The normalized spacial score (nSPS) is 10.8. The molecule has 2 aromatic heterocycles. The summed E-state index contributed by atoms with van der Waals surface area (Å²) in [7, 11) is 0. The second kappa shape index (κ2) is 8.35. The molecule has 0 saturated heterocycles. The zero-order valence-electron chi connectivity index (χ0n) is 15.9. The van der Waals surface area contributed by atoms with Crippen LogP contribution in [0.5, 0.6) is 0 Å². The van der Waals surface area contributed by atoms with E-state index in [-0.39, 0.29) is 24.5 Å². The van der Waals surface area contributed by atoms with Gasteiger partial charge < -0.3 is 10.1 Å². The average molecular weight is 399 g/mol. The van der Waals surface area contributed by atoms with Gasteiger partial charge in [-0.05, 0) is 38.0 Å². The largest absolute Gasteiger partial charge is 0.462 e. The summed E-state index contributed by atoms with van der Waals surface area (Å²) in [5.74, 6) is -0.776. The van der Waals surface area contributed by atoms with Crippen molar-refractivity contribution >= 4 is 39.1 Å². The number of esters is 1. The number of hydrogen-bond acceptors (Lipinski definition) is 6. The summed E-state index contributed by atoms with van der Waals surface area (Å²) in [6.45, 7) is 5.80. The number of anilines is 1. The van der Waals surface area contributed by atoms with Crippen molar-refractivity contribution in [3.8, 4) is 0 Å². The summed E-state index contributed by atoms with van der Waals surface area (Å²) in [5, 5.41) is 7.86. The van der Waals surface area contributed by atoms with E-state index < -0.39 is 5.97 Å². The van der Waals surface area contributed by atoms with Crippen molar-refractivity contribution < 1.29 is 14.3 Å². The first-order chi connectivity index (χ1) is 13.5. The summed E-state index contributed by atoms with van der Waals surface area (Å²) in [6, 6.07) is 6.99. The van der Waals surface area contributed by atoms with Gasteiger partial charge in [-0.3, -0.25) is 14.3 Å². The molecule has 1 aromatic carbocycles. The Bertz CT molecular complexity index is 1100. The van der Waals surface area contributed by atoms with Crippen molar-refractivity contribution in [3.05, 3.63) is 56.7 Å².